The van der Waals surface area contributed by atoms with Crippen LogP contribution in [0.25, 0.3) is 0 Å². The predicted octanol–water partition coefficient (Wildman–Crippen LogP) is 1.71. The molecule has 0 aromatic carbocycles. The fourth-order valence-electron chi connectivity index (χ4n) is 3.25. The molecule has 102 valence electrons. The van der Waals surface area contributed by atoms with E-state index in [9.17, 15) is 14.7 Å². The van der Waals surface area contributed by atoms with Gasteiger partial charge >= 0.3 is 0 Å². The van der Waals surface area contributed by atoms with Gasteiger partial charge in [0.15, 0.2) is 0 Å². The van der Waals surface area contributed by atoms with Crippen LogP contribution in [0.1, 0.15) is 52.9 Å². The van der Waals surface area contributed by atoms with Gasteiger partial charge in [0, 0.05) is 6.42 Å². The number of rotatable bonds is 3. The largest absolute Gasteiger partial charge is 0.394 e. The zero-order valence-electron chi connectivity index (χ0n) is 11.5. The molecule has 18 heavy (non-hydrogen) atoms. The first-order valence-corrected chi connectivity index (χ1v) is 6.86. The minimum Gasteiger partial charge on any atom is -0.394 e. The SMILES string of the molecule is CC(C)C1(C)CC(=O)N(C2(CO)CCCC2)C1=O. The summed E-state index contributed by atoms with van der Waals surface area (Å²) in [5.41, 5.74) is -1.21. The van der Waals surface area contributed by atoms with Crippen LogP contribution < -0.4 is 0 Å². The molecule has 1 heterocycles. The number of amides is 2. The van der Waals surface area contributed by atoms with Crippen LogP contribution in [0.2, 0.25) is 0 Å². The second-order valence-electron chi connectivity index (χ2n) is 6.37. The summed E-state index contributed by atoms with van der Waals surface area (Å²) in [4.78, 5) is 26.3. The summed E-state index contributed by atoms with van der Waals surface area (Å²) in [5, 5.41) is 9.68. The van der Waals surface area contributed by atoms with Gasteiger partial charge in [0.05, 0.1) is 17.6 Å². The topological polar surface area (TPSA) is 57.6 Å². The van der Waals surface area contributed by atoms with E-state index in [0.29, 0.717) is 0 Å². The lowest BCUT2D eigenvalue weighted by molar-refractivity contribution is -0.151. The summed E-state index contributed by atoms with van der Waals surface area (Å²) in [7, 11) is 0. The zero-order valence-corrected chi connectivity index (χ0v) is 11.5. The van der Waals surface area contributed by atoms with Gasteiger partial charge in [-0.05, 0) is 25.7 Å². The van der Waals surface area contributed by atoms with Crippen LogP contribution in [0.5, 0.6) is 0 Å². The molecule has 1 atom stereocenters. The van der Waals surface area contributed by atoms with Crippen LogP contribution in [-0.2, 0) is 9.59 Å². The molecule has 4 nitrogen and oxygen atoms in total. The van der Waals surface area contributed by atoms with Gasteiger partial charge in [0.2, 0.25) is 11.8 Å². The van der Waals surface area contributed by atoms with Crippen LogP contribution >= 0.6 is 0 Å². The van der Waals surface area contributed by atoms with E-state index >= 15 is 0 Å². The molecule has 0 radical (unpaired) electrons. The van der Waals surface area contributed by atoms with Gasteiger partial charge in [0.1, 0.15) is 0 Å². The molecule has 1 aliphatic heterocycles. The van der Waals surface area contributed by atoms with Gasteiger partial charge in [0.25, 0.3) is 0 Å². The number of aliphatic hydroxyl groups is 1. The monoisotopic (exact) mass is 253 g/mol. The molecule has 1 saturated carbocycles. The normalized spacial score (nSPS) is 31.7. The molecule has 1 aliphatic carbocycles. The Kier molecular flexibility index (Phi) is 3.26. The lowest BCUT2D eigenvalue weighted by Gasteiger charge is -2.37. The molecule has 0 bridgehead atoms. The van der Waals surface area contributed by atoms with E-state index < -0.39 is 11.0 Å². The Morgan fingerprint density at radius 3 is 2.22 bits per heavy atom. The standard InChI is InChI=1S/C14H23NO3/c1-10(2)13(3)8-11(17)15(12(13)18)14(9-16)6-4-5-7-14/h10,16H,4-9H2,1-3H3. The first-order chi connectivity index (χ1) is 8.37. The minimum absolute atomic E-state index is 0.0848. The van der Waals surface area contributed by atoms with Gasteiger partial charge in [-0.25, -0.2) is 0 Å². The van der Waals surface area contributed by atoms with Crippen molar-refractivity contribution in [1.82, 2.24) is 4.90 Å². The number of carbonyl (C=O) groups is 2. The number of hydrogen-bond donors (Lipinski definition) is 1. The number of likely N-dealkylation sites (tertiary alicyclic amines) is 1. The van der Waals surface area contributed by atoms with Crippen LogP contribution in [0.4, 0.5) is 0 Å². The Morgan fingerprint density at radius 2 is 1.83 bits per heavy atom. The molecule has 2 rings (SSSR count). The summed E-state index contributed by atoms with van der Waals surface area (Å²) in [6.45, 7) is 5.74. The molecule has 1 saturated heterocycles. The predicted molar refractivity (Wildman–Crippen MR) is 67.7 cm³/mol. The number of nitrogens with zero attached hydrogens (tertiary/aromatic N) is 1. The highest BCUT2D eigenvalue weighted by atomic mass is 16.3. The fraction of sp³-hybridized carbons (Fsp3) is 0.857. The van der Waals surface area contributed by atoms with Crippen molar-refractivity contribution >= 4 is 11.8 Å². The van der Waals surface area contributed by atoms with Crippen LogP contribution in [-0.4, -0.2) is 34.0 Å². The highest BCUT2D eigenvalue weighted by Gasteiger charge is 2.57. The van der Waals surface area contributed by atoms with Crippen molar-refractivity contribution < 1.29 is 14.7 Å². The summed E-state index contributed by atoms with van der Waals surface area (Å²) >= 11 is 0. The molecule has 2 fully saturated rings. The average Bonchev–Trinajstić information content (AvgIpc) is 2.85. The van der Waals surface area contributed by atoms with E-state index in [1.807, 2.05) is 20.8 Å². The van der Waals surface area contributed by atoms with E-state index in [4.69, 9.17) is 0 Å². The molecule has 0 spiro atoms. The second kappa shape index (κ2) is 4.34. The van der Waals surface area contributed by atoms with Crippen LogP contribution in [0, 0.1) is 11.3 Å². The number of imide groups is 1. The Balaban J connectivity index is 2.35. The Bertz CT molecular complexity index is 371. The maximum absolute atomic E-state index is 12.6. The van der Waals surface area contributed by atoms with Crippen molar-refractivity contribution in [2.45, 2.75) is 58.4 Å². The first kappa shape index (κ1) is 13.5. The smallest absolute Gasteiger partial charge is 0.236 e. The molecule has 0 aromatic heterocycles. The summed E-state index contributed by atoms with van der Waals surface area (Å²) in [6.07, 6.45) is 3.74. The lowest BCUT2D eigenvalue weighted by Crippen LogP contribution is -2.54. The molecular weight excluding hydrogens is 230 g/mol. The van der Waals surface area contributed by atoms with Crippen LogP contribution in [0.15, 0.2) is 0 Å². The zero-order chi connectivity index (χ0) is 13.6. The second-order valence-corrected chi connectivity index (χ2v) is 6.37. The number of hydrogen-bond acceptors (Lipinski definition) is 3. The highest BCUT2D eigenvalue weighted by molar-refractivity contribution is 6.06. The van der Waals surface area contributed by atoms with E-state index in [0.717, 1.165) is 25.7 Å². The highest BCUT2D eigenvalue weighted by Crippen LogP contribution is 2.46. The van der Waals surface area contributed by atoms with Gasteiger partial charge in [-0.15, -0.1) is 0 Å². The van der Waals surface area contributed by atoms with Crippen molar-refractivity contribution in [3.8, 4) is 0 Å². The molecule has 1 N–H and O–H groups in total. The quantitative estimate of drug-likeness (QED) is 0.779. The molecule has 4 heteroatoms. The molecular formula is C14H23NO3. The fourth-order valence-corrected chi connectivity index (χ4v) is 3.25. The molecule has 1 unspecified atom stereocenters. The Hall–Kier alpha value is -0.900. The molecule has 2 amide bonds. The maximum atomic E-state index is 12.6. The minimum atomic E-state index is -0.610. The number of aliphatic hydroxyl groups excluding tert-OH is 1. The van der Waals surface area contributed by atoms with Crippen LogP contribution in [0.3, 0.4) is 0 Å². The van der Waals surface area contributed by atoms with Crippen molar-refractivity contribution in [1.29, 1.82) is 0 Å². The van der Waals surface area contributed by atoms with E-state index in [2.05, 4.69) is 0 Å². The third-order valence-electron chi connectivity index (χ3n) is 5.04. The average molecular weight is 253 g/mol. The van der Waals surface area contributed by atoms with Crippen molar-refractivity contribution in [3.05, 3.63) is 0 Å². The number of carbonyl (C=O) groups excluding carboxylic acids is 2. The van der Waals surface area contributed by atoms with E-state index in [1.165, 1.54) is 4.90 Å². The van der Waals surface area contributed by atoms with Gasteiger partial charge < -0.3 is 5.11 Å². The first-order valence-electron chi connectivity index (χ1n) is 6.86. The summed E-state index contributed by atoms with van der Waals surface area (Å²) in [5.74, 6) is -0.0540. The van der Waals surface area contributed by atoms with E-state index in [1.54, 1.807) is 0 Å². The van der Waals surface area contributed by atoms with Crippen molar-refractivity contribution in [3.63, 3.8) is 0 Å². The van der Waals surface area contributed by atoms with Gasteiger partial charge in [-0.2, -0.15) is 0 Å². The van der Waals surface area contributed by atoms with Crippen molar-refractivity contribution in [2.75, 3.05) is 6.61 Å². The molecule has 0 aromatic rings. The van der Waals surface area contributed by atoms with Gasteiger partial charge in [-0.1, -0.05) is 26.7 Å². The third-order valence-corrected chi connectivity index (χ3v) is 5.04. The summed E-state index contributed by atoms with van der Waals surface area (Å²) in [6, 6.07) is 0. The third kappa shape index (κ3) is 1.69. The van der Waals surface area contributed by atoms with E-state index in [-0.39, 0.29) is 30.8 Å². The maximum Gasteiger partial charge on any atom is 0.236 e. The van der Waals surface area contributed by atoms with Crippen molar-refractivity contribution in [2.24, 2.45) is 11.3 Å². The lowest BCUT2D eigenvalue weighted by atomic mass is 9.77. The Morgan fingerprint density at radius 1 is 1.28 bits per heavy atom. The Labute approximate surface area is 108 Å². The molecule has 2 aliphatic rings. The van der Waals surface area contributed by atoms with Gasteiger partial charge in [-0.3, -0.25) is 14.5 Å². The summed E-state index contributed by atoms with van der Waals surface area (Å²) < 4.78 is 0.